The van der Waals surface area contributed by atoms with Crippen LogP contribution in [0.3, 0.4) is 0 Å². The number of carbonyl (C=O) groups is 1. The number of nitrogens with zero attached hydrogens (tertiary/aromatic N) is 2. The van der Waals surface area contributed by atoms with E-state index in [2.05, 4.69) is 5.10 Å². The number of carbonyl (C=O) groups excluding carboxylic acids is 1. The van der Waals surface area contributed by atoms with Gasteiger partial charge in [0.25, 0.3) is 0 Å². The third-order valence-corrected chi connectivity index (χ3v) is 3.94. The second kappa shape index (κ2) is 6.50. The third-order valence-electron chi connectivity index (χ3n) is 3.16. The minimum absolute atomic E-state index is 0.0359. The summed E-state index contributed by atoms with van der Waals surface area (Å²) >= 11 is 12.4. The number of hydrogen-bond acceptors (Lipinski definition) is 3. The van der Waals surface area contributed by atoms with Crippen molar-refractivity contribution in [2.75, 3.05) is 0 Å². The number of ketones is 1. The van der Waals surface area contributed by atoms with Gasteiger partial charge in [0, 0.05) is 12.1 Å². The average Bonchev–Trinajstić information content (AvgIpc) is 2.72. The zero-order valence-electron chi connectivity index (χ0n) is 12.1. The van der Waals surface area contributed by atoms with Gasteiger partial charge in [0.05, 0.1) is 21.4 Å². The van der Waals surface area contributed by atoms with Crippen molar-refractivity contribution in [2.45, 2.75) is 33.9 Å². The van der Waals surface area contributed by atoms with Gasteiger partial charge in [-0.05, 0) is 39.0 Å². The minimum Gasteiger partial charge on any atom is -0.486 e. The molecule has 4 nitrogen and oxygen atoms in total. The first-order valence-corrected chi connectivity index (χ1v) is 7.34. The van der Waals surface area contributed by atoms with Crippen molar-refractivity contribution in [3.63, 3.8) is 0 Å². The summed E-state index contributed by atoms with van der Waals surface area (Å²) in [5.41, 5.74) is 2.14. The fourth-order valence-corrected chi connectivity index (χ4v) is 2.41. The van der Waals surface area contributed by atoms with Gasteiger partial charge in [0.1, 0.15) is 12.4 Å². The molecule has 0 unspecified atom stereocenters. The molecule has 0 amide bonds. The van der Waals surface area contributed by atoms with Crippen molar-refractivity contribution in [1.82, 2.24) is 9.78 Å². The Bertz CT molecular complexity index is 681. The predicted octanol–water partition coefficient (Wildman–Crippen LogP) is 4.30. The molecule has 2 aromatic rings. The Labute approximate surface area is 133 Å². The number of ether oxygens (including phenoxy) is 1. The molecule has 0 saturated heterocycles. The first-order chi connectivity index (χ1) is 9.93. The van der Waals surface area contributed by atoms with Gasteiger partial charge in [-0.2, -0.15) is 5.10 Å². The van der Waals surface area contributed by atoms with E-state index in [0.29, 0.717) is 27.9 Å². The van der Waals surface area contributed by atoms with Crippen molar-refractivity contribution >= 4 is 29.0 Å². The third kappa shape index (κ3) is 3.39. The molecule has 0 bridgehead atoms. The van der Waals surface area contributed by atoms with Crippen LogP contribution >= 0.6 is 23.2 Å². The number of benzene rings is 1. The van der Waals surface area contributed by atoms with E-state index in [1.54, 1.807) is 22.9 Å². The van der Waals surface area contributed by atoms with E-state index in [4.69, 9.17) is 27.9 Å². The summed E-state index contributed by atoms with van der Waals surface area (Å²) in [6, 6.07) is 4.98. The van der Waals surface area contributed by atoms with Crippen LogP contribution in [0.5, 0.6) is 5.75 Å². The molecule has 0 spiro atoms. The Morgan fingerprint density at radius 1 is 1.38 bits per heavy atom. The van der Waals surface area contributed by atoms with Crippen molar-refractivity contribution in [1.29, 1.82) is 0 Å². The molecule has 1 heterocycles. The van der Waals surface area contributed by atoms with E-state index in [1.807, 2.05) is 13.8 Å². The Morgan fingerprint density at radius 3 is 2.67 bits per heavy atom. The number of halogens is 2. The summed E-state index contributed by atoms with van der Waals surface area (Å²) in [4.78, 5) is 11.3. The smallest absolute Gasteiger partial charge is 0.159 e. The van der Waals surface area contributed by atoms with Crippen LogP contribution < -0.4 is 4.74 Å². The Hall–Kier alpha value is -1.52. The number of rotatable bonds is 5. The van der Waals surface area contributed by atoms with E-state index in [9.17, 15) is 4.79 Å². The van der Waals surface area contributed by atoms with Crippen LogP contribution in [0.1, 0.15) is 35.6 Å². The van der Waals surface area contributed by atoms with Crippen LogP contribution in [0.2, 0.25) is 10.0 Å². The molecule has 0 aliphatic heterocycles. The topological polar surface area (TPSA) is 44.1 Å². The lowest BCUT2D eigenvalue weighted by Gasteiger charge is -2.10. The number of hydrogen-bond donors (Lipinski definition) is 0. The largest absolute Gasteiger partial charge is 0.486 e. The predicted molar refractivity (Wildman–Crippen MR) is 83.4 cm³/mol. The first-order valence-electron chi connectivity index (χ1n) is 6.59. The van der Waals surface area contributed by atoms with Crippen LogP contribution in [0, 0.1) is 6.92 Å². The van der Waals surface area contributed by atoms with E-state index >= 15 is 0 Å². The quantitative estimate of drug-likeness (QED) is 0.769. The zero-order chi connectivity index (χ0) is 15.6. The van der Waals surface area contributed by atoms with Crippen molar-refractivity contribution in [3.8, 4) is 5.75 Å². The highest BCUT2D eigenvalue weighted by Crippen LogP contribution is 2.28. The van der Waals surface area contributed by atoms with Crippen molar-refractivity contribution < 1.29 is 9.53 Å². The molecule has 0 aliphatic carbocycles. The van der Waals surface area contributed by atoms with Gasteiger partial charge in [0.15, 0.2) is 5.78 Å². The Morgan fingerprint density at radius 2 is 2.10 bits per heavy atom. The molecule has 6 heteroatoms. The van der Waals surface area contributed by atoms with Gasteiger partial charge < -0.3 is 4.74 Å². The van der Waals surface area contributed by atoms with Crippen LogP contribution in [-0.2, 0) is 13.2 Å². The van der Waals surface area contributed by atoms with Crippen molar-refractivity contribution in [3.05, 3.63) is 45.2 Å². The fourth-order valence-electron chi connectivity index (χ4n) is 1.99. The van der Waals surface area contributed by atoms with Gasteiger partial charge in [-0.3, -0.25) is 9.48 Å². The van der Waals surface area contributed by atoms with Crippen LogP contribution in [0.4, 0.5) is 0 Å². The summed E-state index contributed by atoms with van der Waals surface area (Å²) in [6.07, 6.45) is 0. The lowest BCUT2D eigenvalue weighted by molar-refractivity contribution is 0.101. The molecule has 0 N–H and O–H groups in total. The van der Waals surface area contributed by atoms with Gasteiger partial charge in [-0.15, -0.1) is 0 Å². The maximum atomic E-state index is 11.3. The number of aryl methyl sites for hydroxylation is 2. The highest BCUT2D eigenvalue weighted by atomic mass is 35.5. The second-order valence-electron chi connectivity index (χ2n) is 4.65. The highest BCUT2D eigenvalue weighted by Gasteiger charge is 2.14. The zero-order valence-corrected chi connectivity index (χ0v) is 13.6. The molecule has 0 saturated carbocycles. The molecule has 0 atom stereocenters. The highest BCUT2D eigenvalue weighted by molar-refractivity contribution is 6.32. The second-order valence-corrected chi connectivity index (χ2v) is 5.44. The monoisotopic (exact) mass is 326 g/mol. The standard InChI is InChI=1S/C15H16Cl2N2O2/c1-4-19-13(15(17)9(2)18-19)8-21-14-6-5-11(10(3)20)7-12(14)16/h5-7H,4,8H2,1-3H3. The number of Topliss-reactive ketones (excluding diaryl/α,β-unsaturated/α-hetero) is 1. The van der Waals surface area contributed by atoms with Crippen LogP contribution in [0.15, 0.2) is 18.2 Å². The molecule has 21 heavy (non-hydrogen) atoms. The average molecular weight is 327 g/mol. The fraction of sp³-hybridized carbons (Fsp3) is 0.333. The molecule has 2 rings (SSSR count). The maximum absolute atomic E-state index is 11.3. The number of aromatic nitrogens is 2. The first kappa shape index (κ1) is 15.9. The molecular formula is C15H16Cl2N2O2. The van der Waals surface area contributed by atoms with E-state index < -0.39 is 0 Å². The molecule has 0 radical (unpaired) electrons. The van der Waals surface area contributed by atoms with E-state index in [0.717, 1.165) is 11.4 Å². The van der Waals surface area contributed by atoms with Crippen LogP contribution in [0.25, 0.3) is 0 Å². The molecule has 0 fully saturated rings. The molecule has 0 aliphatic rings. The minimum atomic E-state index is -0.0359. The normalized spacial score (nSPS) is 10.7. The van der Waals surface area contributed by atoms with Gasteiger partial charge >= 0.3 is 0 Å². The lowest BCUT2D eigenvalue weighted by Crippen LogP contribution is -2.07. The Balaban J connectivity index is 2.19. The summed E-state index contributed by atoms with van der Waals surface area (Å²) in [6.45, 7) is 6.32. The molecule has 1 aromatic carbocycles. The molecule has 1 aromatic heterocycles. The SMILES string of the molecule is CCn1nc(C)c(Cl)c1COc1ccc(C(C)=O)cc1Cl. The lowest BCUT2D eigenvalue weighted by atomic mass is 10.1. The molecular weight excluding hydrogens is 311 g/mol. The van der Waals surface area contributed by atoms with Gasteiger partial charge in [-0.1, -0.05) is 23.2 Å². The maximum Gasteiger partial charge on any atom is 0.159 e. The van der Waals surface area contributed by atoms with Crippen LogP contribution in [-0.4, -0.2) is 15.6 Å². The summed E-state index contributed by atoms with van der Waals surface area (Å²) in [7, 11) is 0. The molecule has 112 valence electrons. The van der Waals surface area contributed by atoms with E-state index in [-0.39, 0.29) is 12.4 Å². The van der Waals surface area contributed by atoms with Gasteiger partial charge in [0.2, 0.25) is 0 Å². The van der Waals surface area contributed by atoms with E-state index in [1.165, 1.54) is 6.92 Å². The van der Waals surface area contributed by atoms with Gasteiger partial charge in [-0.25, -0.2) is 0 Å². The summed E-state index contributed by atoms with van der Waals surface area (Å²) < 4.78 is 7.51. The summed E-state index contributed by atoms with van der Waals surface area (Å²) in [5, 5.41) is 5.33. The summed E-state index contributed by atoms with van der Waals surface area (Å²) in [5.74, 6) is 0.477. The van der Waals surface area contributed by atoms with Crippen molar-refractivity contribution in [2.24, 2.45) is 0 Å². The Kier molecular flexibility index (Phi) is 4.91.